The Hall–Kier alpha value is -1.06. The first-order chi connectivity index (χ1) is 8.29. The van der Waals surface area contributed by atoms with Crippen LogP contribution in [0.15, 0.2) is 18.2 Å². The van der Waals surface area contributed by atoms with Crippen molar-refractivity contribution in [3.05, 3.63) is 29.3 Å². The van der Waals surface area contributed by atoms with Gasteiger partial charge in [-0.1, -0.05) is 12.1 Å². The van der Waals surface area contributed by atoms with Crippen LogP contribution in [0.1, 0.15) is 18.1 Å². The highest BCUT2D eigenvalue weighted by Gasteiger charge is 2.13. The van der Waals surface area contributed by atoms with Crippen LogP contribution >= 0.6 is 0 Å². The van der Waals surface area contributed by atoms with E-state index >= 15 is 0 Å². The molecule has 1 aliphatic heterocycles. The summed E-state index contributed by atoms with van der Waals surface area (Å²) in [5, 5.41) is 3.47. The predicted molar refractivity (Wildman–Crippen MR) is 68.7 cm³/mol. The number of nitrogens with one attached hydrogen (secondary N) is 1. The number of morpholine rings is 1. The SMILES string of the molecule is CCOc1ccc(CC2COCCN2)cc1C. The second-order valence-corrected chi connectivity index (χ2v) is 4.46. The molecule has 0 amide bonds. The Morgan fingerprint density at radius 1 is 1.47 bits per heavy atom. The maximum atomic E-state index is 5.54. The molecule has 1 aromatic rings. The van der Waals surface area contributed by atoms with E-state index in [0.29, 0.717) is 6.04 Å². The van der Waals surface area contributed by atoms with Gasteiger partial charge in [-0.2, -0.15) is 0 Å². The number of rotatable bonds is 4. The standard InChI is InChI=1S/C14H21NO2/c1-3-17-14-5-4-12(8-11(14)2)9-13-10-16-7-6-15-13/h4-5,8,13,15H,3,6-7,9-10H2,1-2H3. The molecule has 0 aliphatic carbocycles. The Morgan fingerprint density at radius 3 is 3.00 bits per heavy atom. The van der Waals surface area contributed by atoms with E-state index in [-0.39, 0.29) is 0 Å². The molecule has 1 atom stereocenters. The van der Waals surface area contributed by atoms with Gasteiger partial charge >= 0.3 is 0 Å². The summed E-state index contributed by atoms with van der Waals surface area (Å²) in [6.45, 7) is 7.43. The molecule has 1 aliphatic rings. The lowest BCUT2D eigenvalue weighted by Crippen LogP contribution is -2.42. The van der Waals surface area contributed by atoms with Crippen molar-refractivity contribution in [2.45, 2.75) is 26.3 Å². The molecule has 0 bridgehead atoms. The zero-order chi connectivity index (χ0) is 12.1. The molecule has 1 unspecified atom stereocenters. The monoisotopic (exact) mass is 235 g/mol. The summed E-state index contributed by atoms with van der Waals surface area (Å²) >= 11 is 0. The van der Waals surface area contributed by atoms with Crippen molar-refractivity contribution in [3.8, 4) is 5.75 Å². The number of hydrogen-bond acceptors (Lipinski definition) is 3. The van der Waals surface area contributed by atoms with E-state index in [1.54, 1.807) is 0 Å². The third kappa shape index (κ3) is 3.45. The highest BCUT2D eigenvalue weighted by molar-refractivity contribution is 5.36. The van der Waals surface area contributed by atoms with Crippen molar-refractivity contribution in [3.63, 3.8) is 0 Å². The topological polar surface area (TPSA) is 30.5 Å². The van der Waals surface area contributed by atoms with Gasteiger partial charge in [-0.25, -0.2) is 0 Å². The summed E-state index contributed by atoms with van der Waals surface area (Å²) in [4.78, 5) is 0. The average Bonchev–Trinajstić information content (AvgIpc) is 2.34. The summed E-state index contributed by atoms with van der Waals surface area (Å²) in [7, 11) is 0. The molecule has 94 valence electrons. The Labute approximate surface area is 103 Å². The van der Waals surface area contributed by atoms with Gasteiger partial charge in [0.05, 0.1) is 19.8 Å². The van der Waals surface area contributed by atoms with Crippen LogP contribution in [-0.4, -0.2) is 32.4 Å². The van der Waals surface area contributed by atoms with E-state index in [9.17, 15) is 0 Å². The summed E-state index contributed by atoms with van der Waals surface area (Å²) in [5.41, 5.74) is 2.55. The zero-order valence-electron chi connectivity index (χ0n) is 10.7. The summed E-state index contributed by atoms with van der Waals surface area (Å²) in [6.07, 6.45) is 1.02. The van der Waals surface area contributed by atoms with Gasteiger partial charge < -0.3 is 14.8 Å². The van der Waals surface area contributed by atoms with E-state index in [1.165, 1.54) is 11.1 Å². The minimum absolute atomic E-state index is 0.445. The van der Waals surface area contributed by atoms with Crippen molar-refractivity contribution in [2.75, 3.05) is 26.4 Å². The fraction of sp³-hybridized carbons (Fsp3) is 0.571. The number of ether oxygens (including phenoxy) is 2. The zero-order valence-corrected chi connectivity index (χ0v) is 10.7. The van der Waals surface area contributed by atoms with Gasteiger partial charge in [0.2, 0.25) is 0 Å². The van der Waals surface area contributed by atoms with Gasteiger partial charge in [-0.3, -0.25) is 0 Å². The number of benzene rings is 1. The smallest absolute Gasteiger partial charge is 0.122 e. The number of hydrogen-bond donors (Lipinski definition) is 1. The first kappa shape index (κ1) is 12.4. The molecule has 1 saturated heterocycles. The lowest BCUT2D eigenvalue weighted by Gasteiger charge is -2.24. The van der Waals surface area contributed by atoms with E-state index in [4.69, 9.17) is 9.47 Å². The van der Waals surface area contributed by atoms with Gasteiger partial charge in [0.1, 0.15) is 5.75 Å². The van der Waals surface area contributed by atoms with Crippen LogP contribution in [0.4, 0.5) is 0 Å². The molecule has 17 heavy (non-hydrogen) atoms. The van der Waals surface area contributed by atoms with Crippen LogP contribution in [0.5, 0.6) is 5.75 Å². The van der Waals surface area contributed by atoms with Crippen LogP contribution in [0.2, 0.25) is 0 Å². The van der Waals surface area contributed by atoms with E-state index in [1.807, 2.05) is 6.92 Å². The van der Waals surface area contributed by atoms with E-state index < -0.39 is 0 Å². The molecule has 1 aromatic carbocycles. The van der Waals surface area contributed by atoms with Gasteiger partial charge in [0.25, 0.3) is 0 Å². The van der Waals surface area contributed by atoms with Crippen molar-refractivity contribution in [2.24, 2.45) is 0 Å². The Bertz CT molecular complexity index is 359. The average molecular weight is 235 g/mol. The largest absolute Gasteiger partial charge is 0.494 e. The minimum Gasteiger partial charge on any atom is -0.494 e. The van der Waals surface area contributed by atoms with Crippen LogP contribution in [0.25, 0.3) is 0 Å². The normalized spacial score (nSPS) is 20.2. The van der Waals surface area contributed by atoms with Crippen molar-refractivity contribution in [1.29, 1.82) is 0 Å². The second-order valence-electron chi connectivity index (χ2n) is 4.46. The lowest BCUT2D eigenvalue weighted by atomic mass is 10.0. The first-order valence-electron chi connectivity index (χ1n) is 6.33. The molecular weight excluding hydrogens is 214 g/mol. The highest BCUT2D eigenvalue weighted by atomic mass is 16.5. The molecular formula is C14H21NO2. The first-order valence-corrected chi connectivity index (χ1v) is 6.33. The molecule has 1 heterocycles. The quantitative estimate of drug-likeness (QED) is 0.865. The molecule has 1 N–H and O–H groups in total. The van der Waals surface area contributed by atoms with Crippen molar-refractivity contribution >= 4 is 0 Å². The van der Waals surface area contributed by atoms with Crippen molar-refractivity contribution in [1.82, 2.24) is 5.32 Å². The molecule has 0 aromatic heterocycles. The maximum Gasteiger partial charge on any atom is 0.122 e. The second kappa shape index (κ2) is 6.03. The summed E-state index contributed by atoms with van der Waals surface area (Å²) < 4.78 is 11.0. The van der Waals surface area contributed by atoms with Gasteiger partial charge in [0, 0.05) is 12.6 Å². The lowest BCUT2D eigenvalue weighted by molar-refractivity contribution is 0.0770. The molecule has 0 radical (unpaired) electrons. The fourth-order valence-corrected chi connectivity index (χ4v) is 2.19. The Kier molecular flexibility index (Phi) is 4.40. The fourth-order valence-electron chi connectivity index (χ4n) is 2.19. The predicted octanol–water partition coefficient (Wildman–Crippen LogP) is 1.92. The van der Waals surface area contributed by atoms with Crippen molar-refractivity contribution < 1.29 is 9.47 Å². The maximum absolute atomic E-state index is 5.54. The van der Waals surface area contributed by atoms with Crippen LogP contribution in [0, 0.1) is 6.92 Å². The van der Waals surface area contributed by atoms with E-state index in [2.05, 4.69) is 30.4 Å². The van der Waals surface area contributed by atoms with Gasteiger partial charge in [0.15, 0.2) is 0 Å². The molecule has 2 rings (SSSR count). The molecule has 3 heteroatoms. The number of aryl methyl sites for hydroxylation is 1. The van der Waals surface area contributed by atoms with Crippen LogP contribution in [-0.2, 0) is 11.2 Å². The molecule has 3 nitrogen and oxygen atoms in total. The third-order valence-corrected chi connectivity index (χ3v) is 3.02. The van der Waals surface area contributed by atoms with E-state index in [0.717, 1.165) is 38.5 Å². The molecule has 0 spiro atoms. The minimum atomic E-state index is 0.445. The van der Waals surface area contributed by atoms with Crippen LogP contribution < -0.4 is 10.1 Å². The summed E-state index contributed by atoms with van der Waals surface area (Å²) in [5.74, 6) is 0.990. The van der Waals surface area contributed by atoms with Gasteiger partial charge in [-0.05, 0) is 37.5 Å². The molecule has 1 fully saturated rings. The molecule has 0 saturated carbocycles. The summed E-state index contributed by atoms with van der Waals surface area (Å²) in [6, 6.07) is 6.87. The van der Waals surface area contributed by atoms with Crippen LogP contribution in [0.3, 0.4) is 0 Å². The Balaban J connectivity index is 1.98. The van der Waals surface area contributed by atoms with Gasteiger partial charge in [-0.15, -0.1) is 0 Å². The highest BCUT2D eigenvalue weighted by Crippen LogP contribution is 2.20. The Morgan fingerprint density at radius 2 is 2.35 bits per heavy atom. The third-order valence-electron chi connectivity index (χ3n) is 3.02.